The molecule has 0 saturated carbocycles. The first-order chi connectivity index (χ1) is 9.70. The van der Waals surface area contributed by atoms with Gasteiger partial charge in [-0.15, -0.1) is 0 Å². The second-order valence-electron chi connectivity index (χ2n) is 5.15. The maximum Gasteiger partial charge on any atom is 0.211 e. The highest BCUT2D eigenvalue weighted by Crippen LogP contribution is 2.24. The van der Waals surface area contributed by atoms with Gasteiger partial charge in [-0.3, -0.25) is 4.79 Å². The predicted molar refractivity (Wildman–Crippen MR) is 81.8 cm³/mol. The number of hydrogen-bond acceptors (Lipinski definition) is 5. The number of sulfone groups is 1. The summed E-state index contributed by atoms with van der Waals surface area (Å²) in [6, 6.07) is 5.98. The summed E-state index contributed by atoms with van der Waals surface area (Å²) >= 11 is 0. The van der Waals surface area contributed by atoms with Crippen molar-refractivity contribution in [1.29, 1.82) is 0 Å². The van der Waals surface area contributed by atoms with Crippen molar-refractivity contribution in [3.05, 3.63) is 35.4 Å². The van der Waals surface area contributed by atoms with Gasteiger partial charge in [0, 0.05) is 26.2 Å². The second-order valence-corrected chi connectivity index (χ2v) is 7.07. The number of carbonyl (C=O) groups excluding carboxylic acids is 1. The summed E-state index contributed by atoms with van der Waals surface area (Å²) in [6.07, 6.45) is 1.35. The Hall–Kier alpha value is -1.82. The van der Waals surface area contributed by atoms with Crippen molar-refractivity contribution < 1.29 is 17.9 Å². The highest BCUT2D eigenvalue weighted by atomic mass is 32.2. The Kier molecular flexibility index (Phi) is 5.54. The molecule has 1 aromatic carbocycles. The van der Waals surface area contributed by atoms with E-state index in [4.69, 9.17) is 4.74 Å². The molecule has 1 rings (SSSR count). The first kappa shape index (κ1) is 17.2. The van der Waals surface area contributed by atoms with E-state index >= 15 is 0 Å². The minimum absolute atomic E-state index is 0.0744. The van der Waals surface area contributed by atoms with Crippen LogP contribution in [0, 0.1) is 5.92 Å². The Balaban J connectivity index is 3.36. The van der Waals surface area contributed by atoms with Crippen LogP contribution in [0.1, 0.15) is 13.8 Å². The molecule has 5 nitrogen and oxygen atoms in total. The maximum atomic E-state index is 12.7. The molecule has 0 aliphatic heterocycles. The average Bonchev–Trinajstić information content (AvgIpc) is 2.43. The number of ketones is 1. The molecule has 0 unspecified atom stereocenters. The van der Waals surface area contributed by atoms with Crippen LogP contribution < -0.4 is 4.74 Å². The Morgan fingerprint density at radius 2 is 1.71 bits per heavy atom. The molecule has 0 fully saturated rings. The van der Waals surface area contributed by atoms with Gasteiger partial charge in [-0.1, -0.05) is 13.8 Å². The van der Waals surface area contributed by atoms with E-state index in [0.29, 0.717) is 5.75 Å². The van der Waals surface area contributed by atoms with Crippen LogP contribution in [0.5, 0.6) is 5.75 Å². The van der Waals surface area contributed by atoms with Gasteiger partial charge in [-0.2, -0.15) is 0 Å². The summed E-state index contributed by atoms with van der Waals surface area (Å²) in [5.41, 5.74) is 0. The Morgan fingerprint density at radius 3 is 2.10 bits per heavy atom. The quantitative estimate of drug-likeness (QED) is 0.753. The molecule has 116 valence electrons. The largest absolute Gasteiger partial charge is 0.497 e. The molecule has 6 heteroatoms. The topological polar surface area (TPSA) is 63.7 Å². The summed E-state index contributed by atoms with van der Waals surface area (Å²) in [7, 11) is 1.01. The van der Waals surface area contributed by atoms with E-state index in [9.17, 15) is 13.2 Å². The summed E-state index contributed by atoms with van der Waals surface area (Å²) < 4.78 is 30.3. The van der Waals surface area contributed by atoms with Gasteiger partial charge in [0.1, 0.15) is 10.7 Å². The molecule has 0 radical (unpaired) electrons. The van der Waals surface area contributed by atoms with Gasteiger partial charge >= 0.3 is 0 Å². The van der Waals surface area contributed by atoms with Crippen LogP contribution in [0.25, 0.3) is 0 Å². The van der Waals surface area contributed by atoms with Crippen molar-refractivity contribution in [3.8, 4) is 5.75 Å². The number of ether oxygens (including phenoxy) is 1. The molecular weight excluding hydrogens is 290 g/mol. The Bertz CT molecular complexity index is 628. The van der Waals surface area contributed by atoms with E-state index in [1.54, 1.807) is 45.0 Å². The molecular formula is C15H21NO4S. The molecule has 0 heterocycles. The zero-order chi connectivity index (χ0) is 16.2. The normalized spacial score (nSPS) is 12.4. The molecule has 0 aliphatic rings. The van der Waals surface area contributed by atoms with Crippen LogP contribution in [-0.2, 0) is 14.6 Å². The third kappa shape index (κ3) is 4.07. The molecule has 0 atom stereocenters. The monoisotopic (exact) mass is 311 g/mol. The number of carbonyl (C=O) groups is 1. The third-order valence-corrected chi connectivity index (χ3v) is 4.58. The van der Waals surface area contributed by atoms with E-state index in [0.717, 1.165) is 0 Å². The molecule has 0 aliphatic carbocycles. The van der Waals surface area contributed by atoms with Gasteiger partial charge < -0.3 is 9.64 Å². The van der Waals surface area contributed by atoms with Gasteiger partial charge in [-0.05, 0) is 24.3 Å². The van der Waals surface area contributed by atoms with E-state index in [-0.39, 0.29) is 9.80 Å². The van der Waals surface area contributed by atoms with Gasteiger partial charge in [0.15, 0.2) is 5.78 Å². The number of Topliss-reactive ketones (excluding diaryl/α,β-unsaturated/α-hetero) is 1. The standard InChI is InChI=1S/C15H21NO4S/c1-11(2)15(17)14(10-16(3)4)21(18,19)13-8-6-12(20-5)7-9-13/h6-11H,1-5H3. The van der Waals surface area contributed by atoms with Crippen LogP contribution in [-0.4, -0.2) is 40.3 Å². The fourth-order valence-electron chi connectivity index (χ4n) is 1.67. The summed E-state index contributed by atoms with van der Waals surface area (Å²) in [5.74, 6) is -0.244. The first-order valence-electron chi connectivity index (χ1n) is 6.51. The van der Waals surface area contributed by atoms with Crippen molar-refractivity contribution in [2.45, 2.75) is 18.7 Å². The van der Waals surface area contributed by atoms with Gasteiger partial charge in [0.25, 0.3) is 0 Å². The van der Waals surface area contributed by atoms with Crippen LogP contribution in [0.4, 0.5) is 0 Å². The SMILES string of the molecule is COc1ccc(S(=O)(=O)C(=CN(C)C)C(=O)C(C)C)cc1. The number of nitrogens with zero attached hydrogens (tertiary/aromatic N) is 1. The molecule has 21 heavy (non-hydrogen) atoms. The lowest BCUT2D eigenvalue weighted by Crippen LogP contribution is -2.21. The summed E-state index contributed by atoms with van der Waals surface area (Å²) in [5, 5.41) is 0. The van der Waals surface area contributed by atoms with Crippen LogP contribution in [0.2, 0.25) is 0 Å². The van der Waals surface area contributed by atoms with E-state index in [1.165, 1.54) is 25.4 Å². The number of allylic oxidation sites excluding steroid dienone is 1. The fourth-order valence-corrected chi connectivity index (χ4v) is 3.26. The average molecular weight is 311 g/mol. The number of benzene rings is 1. The van der Waals surface area contributed by atoms with E-state index < -0.39 is 21.5 Å². The Labute approximate surface area is 126 Å². The lowest BCUT2D eigenvalue weighted by molar-refractivity contribution is -0.117. The smallest absolute Gasteiger partial charge is 0.211 e. The molecule has 0 saturated heterocycles. The highest BCUT2D eigenvalue weighted by molar-refractivity contribution is 7.96. The third-order valence-electron chi connectivity index (χ3n) is 2.80. The number of rotatable bonds is 6. The van der Waals surface area contributed by atoms with Crippen molar-refractivity contribution in [3.63, 3.8) is 0 Å². The van der Waals surface area contributed by atoms with Crippen LogP contribution in [0.3, 0.4) is 0 Å². The van der Waals surface area contributed by atoms with Gasteiger partial charge in [0.05, 0.1) is 12.0 Å². The maximum absolute atomic E-state index is 12.7. The molecule has 0 aromatic heterocycles. The highest BCUT2D eigenvalue weighted by Gasteiger charge is 2.28. The minimum atomic E-state index is -3.85. The molecule has 1 aromatic rings. The van der Waals surface area contributed by atoms with E-state index in [2.05, 4.69) is 0 Å². The van der Waals surface area contributed by atoms with Gasteiger partial charge in [-0.25, -0.2) is 8.42 Å². The van der Waals surface area contributed by atoms with Crippen molar-refractivity contribution in [1.82, 2.24) is 4.90 Å². The van der Waals surface area contributed by atoms with Crippen LogP contribution >= 0.6 is 0 Å². The second kappa shape index (κ2) is 6.76. The van der Waals surface area contributed by atoms with Crippen molar-refractivity contribution in [2.24, 2.45) is 5.92 Å². The molecule has 0 N–H and O–H groups in total. The molecule has 0 bridgehead atoms. The predicted octanol–water partition coefficient (Wildman–Crippen LogP) is 2.10. The summed E-state index contributed by atoms with van der Waals surface area (Å²) in [4.78, 5) is 13.6. The fraction of sp³-hybridized carbons (Fsp3) is 0.400. The van der Waals surface area contributed by atoms with E-state index in [1.807, 2.05) is 0 Å². The number of methoxy groups -OCH3 is 1. The zero-order valence-electron chi connectivity index (χ0n) is 13.0. The minimum Gasteiger partial charge on any atom is -0.497 e. The molecule has 0 spiro atoms. The zero-order valence-corrected chi connectivity index (χ0v) is 13.8. The van der Waals surface area contributed by atoms with Crippen LogP contribution in [0.15, 0.2) is 40.3 Å². The lowest BCUT2D eigenvalue weighted by Gasteiger charge is -2.14. The first-order valence-corrected chi connectivity index (χ1v) is 8.00. The number of hydrogen-bond donors (Lipinski definition) is 0. The Morgan fingerprint density at radius 1 is 1.19 bits per heavy atom. The van der Waals surface area contributed by atoms with Gasteiger partial charge in [0.2, 0.25) is 9.84 Å². The summed E-state index contributed by atoms with van der Waals surface area (Å²) in [6.45, 7) is 3.35. The molecule has 0 amide bonds. The lowest BCUT2D eigenvalue weighted by atomic mass is 10.1. The van der Waals surface area contributed by atoms with Crippen molar-refractivity contribution in [2.75, 3.05) is 21.2 Å². The van der Waals surface area contributed by atoms with Crippen molar-refractivity contribution >= 4 is 15.6 Å².